The molecule has 664 valence electrons. The lowest BCUT2D eigenvalue weighted by Gasteiger charge is -2.38. The second-order valence-corrected chi connectivity index (χ2v) is 40.2. The monoisotopic (exact) mass is 1750 g/mol. The molecule has 4 heterocycles. The molecule has 4 aliphatic heterocycles. The predicted molar refractivity (Wildman–Crippen MR) is 509 cm³/mol. The Morgan fingerprint density at radius 3 is 1.15 bits per heavy atom. The number of anilines is 5. The van der Waals surface area contributed by atoms with E-state index in [1.54, 1.807) is 24.3 Å². The van der Waals surface area contributed by atoms with Gasteiger partial charge in [-0.15, -0.1) is 0 Å². The highest BCUT2D eigenvalue weighted by Crippen LogP contribution is 2.45. The van der Waals surface area contributed by atoms with Gasteiger partial charge < -0.3 is 34.5 Å². The zero-order valence-electron chi connectivity index (χ0n) is 73.7. The minimum atomic E-state index is -3.53. The molecule has 5 fully saturated rings. The first-order chi connectivity index (χ1) is 59.8. The maximum absolute atomic E-state index is 12.7. The number of carbonyl (C=O) groups excluding carboxylic acids is 1. The first-order valence-electron chi connectivity index (χ1n) is 43.7. The topological polar surface area (TPSA) is 265 Å². The molecule has 25 heteroatoms. The summed E-state index contributed by atoms with van der Waals surface area (Å²) in [5.74, 6) is 0. The molecule has 1 atom stereocenters. The Bertz CT molecular complexity index is 5510. The molecule has 4 N–H and O–H groups in total. The lowest BCUT2D eigenvalue weighted by atomic mass is 9.86. The van der Waals surface area contributed by atoms with Crippen LogP contribution in [0, 0.1) is 15.5 Å². The Kier molecular flexibility index (Phi) is 32.0. The number of aliphatic hydroxyl groups is 2. The highest BCUT2D eigenvalue weighted by molar-refractivity contribution is 7.93. The molecule has 5 aliphatic rings. The van der Waals surface area contributed by atoms with Crippen molar-refractivity contribution in [1.82, 2.24) is 14.7 Å². The van der Waals surface area contributed by atoms with Crippen LogP contribution in [-0.4, -0.2) is 195 Å². The molecule has 4 saturated heterocycles. The highest BCUT2D eigenvalue weighted by Gasteiger charge is 2.46. The zero-order valence-corrected chi connectivity index (χ0v) is 76.1. The standard InChI is InChI=1S/C35H41N3O5.C33H41N3O3S.C32H41N3O5S2/c1-34(2,3)43-33(40)37-22-20-35(25-37)19-21-36(24-35)29-15-11-27(12-16-29)32(28-13-17-30(18-14-28)38(41)42)31(10-7-23-39)26-8-5-4-6-9-26;1-25(2)35-20-22-36(23-21-35)30-16-12-28(13-17-30)33(32(9-6-24-37)26-7-4-3-5-8-26)27-10-14-29(15-11-27)34-40(38,39)31-18-19-31;1-25(2)34-20-22-35(23-21-34)30-18-14-28(15-19-30)32(27-12-16-29(17-13-27)33-41(3,36)37)31(26-9-6-5-7-10-26)11-8-24-40-42(4,38)39/h4-6,8-9,11-18,39H,7,10,19-25H2,1-3H3;3-5,7-8,10-17,25,31,34,37H,6,9,18-24H2,1-2H3;5-7,9-10,12-19,25,33H,8,11,20-24H2,1-4H3/b32-31+;33-32-;32-31-. The summed E-state index contributed by atoms with van der Waals surface area (Å²) in [4.78, 5) is 37.8. The molecule has 0 radical (unpaired) electrons. The van der Waals surface area contributed by atoms with Crippen LogP contribution < -0.4 is 24.1 Å². The molecule has 0 aromatic heterocycles. The number of piperazine rings is 2. The number of ether oxygens (including phenoxy) is 1. The van der Waals surface area contributed by atoms with Crippen LogP contribution in [0.3, 0.4) is 0 Å². The van der Waals surface area contributed by atoms with E-state index < -0.39 is 35.8 Å². The van der Waals surface area contributed by atoms with Gasteiger partial charge in [-0.3, -0.25) is 33.5 Å². The van der Waals surface area contributed by atoms with Crippen LogP contribution in [0.25, 0.3) is 33.4 Å². The zero-order chi connectivity index (χ0) is 89.1. The van der Waals surface area contributed by atoms with E-state index >= 15 is 0 Å². The number of amides is 1. The molecular weight excluding hydrogens is 1630 g/mol. The van der Waals surface area contributed by atoms with Gasteiger partial charge in [-0.25, -0.2) is 21.6 Å². The average molecular weight is 1760 g/mol. The fourth-order valence-electron chi connectivity index (χ4n) is 17.1. The molecule has 1 amide bonds. The Balaban J connectivity index is 0.000000171. The molecule has 125 heavy (non-hydrogen) atoms. The molecule has 9 aromatic rings. The highest BCUT2D eigenvalue weighted by atomic mass is 32.2. The van der Waals surface area contributed by atoms with Crippen LogP contribution in [-0.2, 0) is 39.1 Å². The van der Waals surface area contributed by atoms with Crippen molar-refractivity contribution in [2.75, 3.05) is 135 Å². The smallest absolute Gasteiger partial charge is 0.410 e. The number of hydrogen-bond donors (Lipinski definition) is 4. The Hall–Kier alpha value is -10.5. The number of nitrogens with zero attached hydrogens (tertiary/aromatic N) is 7. The van der Waals surface area contributed by atoms with Crippen molar-refractivity contribution in [3.05, 3.63) is 297 Å². The van der Waals surface area contributed by atoms with E-state index in [0.29, 0.717) is 55.6 Å². The summed E-state index contributed by atoms with van der Waals surface area (Å²) in [5, 5.41) is 30.5. The number of non-ortho nitro benzene ring substituents is 1. The van der Waals surface area contributed by atoms with E-state index in [-0.39, 0.29) is 47.2 Å². The molecule has 14 rings (SSSR count). The van der Waals surface area contributed by atoms with E-state index in [1.165, 1.54) is 16.9 Å². The molecule has 0 bridgehead atoms. The molecule has 1 spiro atoms. The van der Waals surface area contributed by atoms with E-state index in [2.05, 4.69) is 171 Å². The summed E-state index contributed by atoms with van der Waals surface area (Å²) in [5.41, 5.74) is 19.8. The van der Waals surface area contributed by atoms with Crippen molar-refractivity contribution in [1.29, 1.82) is 0 Å². The van der Waals surface area contributed by atoms with Crippen LogP contribution in [0.15, 0.2) is 237 Å². The number of nitro benzene ring substituents is 1. The number of benzene rings is 9. The summed E-state index contributed by atoms with van der Waals surface area (Å²) >= 11 is 0. The van der Waals surface area contributed by atoms with Gasteiger partial charge in [-0.1, -0.05) is 152 Å². The van der Waals surface area contributed by atoms with Crippen LogP contribution in [0.1, 0.15) is 163 Å². The average Bonchev–Trinajstić information content (AvgIpc) is 1.62. The number of aliphatic hydroxyl groups excluding tert-OH is 2. The second kappa shape index (κ2) is 42.7. The third-order valence-corrected chi connectivity index (χ3v) is 26.8. The number of nitrogens with one attached hydrogen (secondary N) is 2. The molecule has 1 unspecified atom stereocenters. The number of likely N-dealkylation sites (tertiary alicyclic amines) is 1. The minimum absolute atomic E-state index is 0.0511. The van der Waals surface area contributed by atoms with E-state index in [0.717, 1.165) is 207 Å². The van der Waals surface area contributed by atoms with Gasteiger partial charge in [0.2, 0.25) is 20.0 Å². The van der Waals surface area contributed by atoms with Gasteiger partial charge in [0.15, 0.2) is 0 Å². The van der Waals surface area contributed by atoms with Crippen molar-refractivity contribution < 1.29 is 54.1 Å². The van der Waals surface area contributed by atoms with Crippen LogP contribution in [0.2, 0.25) is 0 Å². The predicted octanol–water partition coefficient (Wildman–Crippen LogP) is 18.3. The van der Waals surface area contributed by atoms with Crippen molar-refractivity contribution in [3.8, 4) is 0 Å². The lowest BCUT2D eigenvalue weighted by molar-refractivity contribution is -0.384. The van der Waals surface area contributed by atoms with Gasteiger partial charge in [-0.05, 0) is 269 Å². The van der Waals surface area contributed by atoms with Crippen LogP contribution in [0.5, 0.6) is 0 Å². The van der Waals surface area contributed by atoms with Crippen LogP contribution in [0.4, 0.5) is 38.9 Å². The van der Waals surface area contributed by atoms with Crippen LogP contribution >= 0.6 is 0 Å². The summed E-state index contributed by atoms with van der Waals surface area (Å²) in [6.07, 6.45) is 9.16. The SMILES string of the molecule is CC(C)(C)OC(=O)N1CCC2(CCN(c3ccc(/C(=C(/CCCO)c4ccccc4)c4ccc([N+](=O)[O-])cc4)cc3)C2)C1.CC(C)N1CCN(c2ccc(/C(=C(/CCCO)c3ccccc3)c3ccc(NS(=O)(=O)C4CC4)cc3)cc2)CC1.CC(C)N1CCN(c2ccc(/C(=C(/CCCOS(C)(=O)=O)c3ccccc3)c3ccc(NS(C)(=O)=O)cc3)cc2)CC1. The number of allylic oxidation sites excluding steroid dienone is 3. The Labute approximate surface area is 740 Å². The van der Waals surface area contributed by atoms with Gasteiger partial charge in [0.25, 0.3) is 15.8 Å². The maximum Gasteiger partial charge on any atom is 0.410 e. The fourth-order valence-corrected chi connectivity index (χ4v) is 19.5. The fraction of sp³-hybridized carbons (Fsp3) is 0.390. The first-order valence-corrected chi connectivity index (χ1v) is 49.0. The number of rotatable bonds is 31. The molecule has 22 nitrogen and oxygen atoms in total. The maximum atomic E-state index is 12.7. The van der Waals surface area contributed by atoms with E-state index in [1.807, 2.05) is 129 Å². The van der Waals surface area contributed by atoms with Crippen molar-refractivity contribution in [2.24, 2.45) is 5.41 Å². The van der Waals surface area contributed by atoms with Crippen molar-refractivity contribution >= 4 is 104 Å². The van der Waals surface area contributed by atoms with E-state index in [4.69, 9.17) is 8.92 Å². The third kappa shape index (κ3) is 26.3. The quantitative estimate of drug-likeness (QED) is 0.0103. The number of hydrogen-bond acceptors (Lipinski definition) is 18. The normalized spacial score (nSPS) is 17.3. The lowest BCUT2D eigenvalue weighted by Crippen LogP contribution is -2.48. The second-order valence-electron chi connectivity index (χ2n) is 34.8. The number of sulfonamides is 2. The first kappa shape index (κ1) is 93.7. The summed E-state index contributed by atoms with van der Waals surface area (Å²) in [6, 6.07) is 79.3. The summed E-state index contributed by atoms with van der Waals surface area (Å²) in [7, 11) is -10.3. The Morgan fingerprint density at radius 1 is 0.456 bits per heavy atom. The van der Waals surface area contributed by atoms with Gasteiger partial charge in [-0.2, -0.15) is 8.42 Å². The van der Waals surface area contributed by atoms with Gasteiger partial charge >= 0.3 is 6.09 Å². The van der Waals surface area contributed by atoms with E-state index in [9.17, 15) is 50.4 Å². The number of nitro groups is 1. The molecule has 9 aromatic carbocycles. The van der Waals surface area contributed by atoms with Gasteiger partial charge in [0.05, 0.1) is 29.3 Å². The molecular formula is C100H123N9O13S3. The molecule has 1 saturated carbocycles. The summed E-state index contributed by atoms with van der Waals surface area (Å²) in [6.45, 7) is 26.4. The summed E-state index contributed by atoms with van der Waals surface area (Å²) < 4.78 is 87.6. The largest absolute Gasteiger partial charge is 0.444 e. The van der Waals surface area contributed by atoms with Gasteiger partial charge in [0.1, 0.15) is 5.60 Å². The molecule has 1 aliphatic carbocycles. The Morgan fingerprint density at radius 2 is 0.808 bits per heavy atom. The number of carbonyl (C=O) groups is 1. The minimum Gasteiger partial charge on any atom is -0.444 e. The van der Waals surface area contributed by atoms with Crippen molar-refractivity contribution in [2.45, 2.75) is 136 Å². The van der Waals surface area contributed by atoms with Gasteiger partial charge in [0, 0.05) is 150 Å². The third-order valence-electron chi connectivity index (χ3n) is 23.7. The van der Waals surface area contributed by atoms with Crippen molar-refractivity contribution in [3.63, 3.8) is 0 Å².